The predicted molar refractivity (Wildman–Crippen MR) is 116 cm³/mol. The van der Waals surface area contributed by atoms with E-state index in [-0.39, 0.29) is 17.4 Å². The summed E-state index contributed by atoms with van der Waals surface area (Å²) in [5.41, 5.74) is 2.23. The summed E-state index contributed by atoms with van der Waals surface area (Å²) < 4.78 is 1.95. The molecule has 1 N–H and O–H groups in total. The molecule has 0 spiro atoms. The Kier molecular flexibility index (Phi) is 6.97. The van der Waals surface area contributed by atoms with Gasteiger partial charge in [0.25, 0.3) is 0 Å². The number of anilines is 1. The van der Waals surface area contributed by atoms with E-state index >= 15 is 0 Å². The highest BCUT2D eigenvalue weighted by Gasteiger charge is 2.15. The van der Waals surface area contributed by atoms with Crippen molar-refractivity contribution in [2.24, 2.45) is 0 Å². The molecule has 6 nitrogen and oxygen atoms in total. The molecule has 7 heteroatoms. The van der Waals surface area contributed by atoms with Crippen LogP contribution in [-0.2, 0) is 11.3 Å². The highest BCUT2D eigenvalue weighted by atomic mass is 32.2. The van der Waals surface area contributed by atoms with Gasteiger partial charge in [0.15, 0.2) is 16.8 Å². The molecule has 3 aromatic rings. The van der Waals surface area contributed by atoms with Gasteiger partial charge in [0.2, 0.25) is 5.91 Å². The average Bonchev–Trinajstić information content (AvgIpc) is 3.16. The number of rotatable bonds is 9. The van der Waals surface area contributed by atoms with Gasteiger partial charge in [-0.1, -0.05) is 55.1 Å². The molecule has 0 radical (unpaired) electrons. The van der Waals surface area contributed by atoms with Gasteiger partial charge in [-0.2, -0.15) is 0 Å². The molecule has 0 aliphatic carbocycles. The van der Waals surface area contributed by atoms with Crippen LogP contribution in [0.1, 0.15) is 23.7 Å². The highest BCUT2D eigenvalue weighted by molar-refractivity contribution is 7.99. The Hall–Kier alpha value is -3.19. The van der Waals surface area contributed by atoms with Gasteiger partial charge < -0.3 is 5.32 Å². The van der Waals surface area contributed by atoms with E-state index in [9.17, 15) is 9.59 Å². The number of aromatic nitrogens is 3. The van der Waals surface area contributed by atoms with Gasteiger partial charge in [0.05, 0.1) is 5.75 Å². The molecule has 29 heavy (non-hydrogen) atoms. The van der Waals surface area contributed by atoms with E-state index in [1.54, 1.807) is 37.3 Å². The number of ketones is 1. The van der Waals surface area contributed by atoms with Crippen molar-refractivity contribution in [3.63, 3.8) is 0 Å². The summed E-state index contributed by atoms with van der Waals surface area (Å²) in [4.78, 5) is 24.0. The zero-order chi connectivity index (χ0) is 20.6. The van der Waals surface area contributed by atoms with Crippen LogP contribution in [-0.4, -0.2) is 32.2 Å². The van der Waals surface area contributed by atoms with Crippen molar-refractivity contribution < 1.29 is 9.59 Å². The van der Waals surface area contributed by atoms with Gasteiger partial charge in [0.1, 0.15) is 0 Å². The summed E-state index contributed by atoms with van der Waals surface area (Å²) in [5, 5.41) is 12.0. The normalized spacial score (nSPS) is 10.5. The molecular weight excluding hydrogens is 384 g/mol. The number of carbonyl (C=O) groups excluding carboxylic acids is 2. The fourth-order valence-electron chi connectivity index (χ4n) is 2.69. The molecule has 1 heterocycles. The smallest absolute Gasteiger partial charge is 0.224 e. The standard InChI is InChI=1S/C22H22N4O2S/c1-3-14-26-21(17-8-6-5-7-9-17)24-25-22(26)29-15-19(27)16-10-12-18(13-11-16)23-20(28)4-2/h3,5-13H,1,4,14-15H2,2H3,(H,23,28). The van der Waals surface area contributed by atoms with Gasteiger partial charge in [-0.05, 0) is 24.3 Å². The van der Waals surface area contributed by atoms with Crippen LogP contribution in [0.4, 0.5) is 5.69 Å². The van der Waals surface area contributed by atoms with E-state index in [0.29, 0.717) is 29.4 Å². The van der Waals surface area contributed by atoms with Crippen molar-refractivity contribution in [1.29, 1.82) is 0 Å². The zero-order valence-electron chi connectivity index (χ0n) is 16.2. The van der Waals surface area contributed by atoms with Crippen molar-refractivity contribution in [2.75, 3.05) is 11.1 Å². The first kappa shape index (κ1) is 20.5. The first-order valence-electron chi connectivity index (χ1n) is 9.27. The minimum Gasteiger partial charge on any atom is -0.326 e. The molecule has 0 saturated heterocycles. The average molecular weight is 407 g/mol. The van der Waals surface area contributed by atoms with Crippen LogP contribution in [0.2, 0.25) is 0 Å². The maximum absolute atomic E-state index is 12.6. The van der Waals surface area contributed by atoms with Crippen LogP contribution in [0.5, 0.6) is 0 Å². The number of thioether (sulfide) groups is 1. The molecular formula is C22H22N4O2S. The number of allylic oxidation sites excluding steroid dienone is 1. The van der Waals surface area contributed by atoms with E-state index < -0.39 is 0 Å². The molecule has 0 unspecified atom stereocenters. The first-order chi connectivity index (χ1) is 14.1. The number of nitrogens with one attached hydrogen (secondary N) is 1. The van der Waals surface area contributed by atoms with Gasteiger partial charge in [-0.3, -0.25) is 14.2 Å². The predicted octanol–water partition coefficient (Wildman–Crippen LogP) is 4.45. The number of carbonyl (C=O) groups is 2. The van der Waals surface area contributed by atoms with Crippen LogP contribution < -0.4 is 5.32 Å². The first-order valence-corrected chi connectivity index (χ1v) is 10.3. The molecule has 0 aliphatic rings. The fraction of sp³-hybridized carbons (Fsp3) is 0.182. The second-order valence-electron chi connectivity index (χ2n) is 6.26. The molecule has 0 fully saturated rings. The van der Waals surface area contributed by atoms with Crippen molar-refractivity contribution in [3.05, 3.63) is 72.8 Å². The van der Waals surface area contributed by atoms with Gasteiger partial charge in [0, 0.05) is 29.8 Å². The van der Waals surface area contributed by atoms with Crippen molar-refractivity contribution in [3.8, 4) is 11.4 Å². The van der Waals surface area contributed by atoms with Crippen LogP contribution in [0, 0.1) is 0 Å². The molecule has 2 aromatic carbocycles. The maximum atomic E-state index is 12.6. The Labute approximate surface area is 174 Å². The number of Topliss-reactive ketones (excluding diaryl/α,β-unsaturated/α-hetero) is 1. The van der Waals surface area contributed by atoms with Crippen LogP contribution in [0.25, 0.3) is 11.4 Å². The monoisotopic (exact) mass is 406 g/mol. The Bertz CT molecular complexity index is 997. The molecule has 148 valence electrons. The molecule has 0 saturated carbocycles. The Morgan fingerprint density at radius 1 is 1.10 bits per heavy atom. The summed E-state index contributed by atoms with van der Waals surface area (Å²) in [7, 11) is 0. The summed E-state index contributed by atoms with van der Waals surface area (Å²) in [5.74, 6) is 0.912. The van der Waals surface area contributed by atoms with Crippen molar-refractivity contribution >= 4 is 29.1 Å². The van der Waals surface area contributed by atoms with Gasteiger partial charge in [-0.25, -0.2) is 0 Å². The van der Waals surface area contributed by atoms with E-state index in [4.69, 9.17) is 0 Å². The quantitative estimate of drug-likeness (QED) is 0.323. The summed E-state index contributed by atoms with van der Waals surface area (Å²) in [6, 6.07) is 16.7. The van der Waals surface area contributed by atoms with Crippen LogP contribution in [0.15, 0.2) is 72.4 Å². The van der Waals surface area contributed by atoms with E-state index in [1.165, 1.54) is 11.8 Å². The third-order valence-electron chi connectivity index (χ3n) is 4.20. The fourth-order valence-corrected chi connectivity index (χ4v) is 3.53. The third kappa shape index (κ3) is 5.20. The van der Waals surface area contributed by atoms with Crippen LogP contribution in [0.3, 0.4) is 0 Å². The Morgan fingerprint density at radius 2 is 1.83 bits per heavy atom. The molecule has 3 rings (SSSR count). The van der Waals surface area contributed by atoms with E-state index in [2.05, 4.69) is 22.1 Å². The third-order valence-corrected chi connectivity index (χ3v) is 5.17. The number of nitrogens with zero attached hydrogens (tertiary/aromatic N) is 3. The lowest BCUT2D eigenvalue weighted by Crippen LogP contribution is -2.10. The summed E-state index contributed by atoms with van der Waals surface area (Å²) in [6.07, 6.45) is 2.19. The number of hydrogen-bond acceptors (Lipinski definition) is 5. The number of amides is 1. The lowest BCUT2D eigenvalue weighted by molar-refractivity contribution is -0.115. The largest absolute Gasteiger partial charge is 0.326 e. The zero-order valence-corrected chi connectivity index (χ0v) is 17.0. The highest BCUT2D eigenvalue weighted by Crippen LogP contribution is 2.24. The molecule has 1 aromatic heterocycles. The van der Waals surface area contributed by atoms with Crippen molar-refractivity contribution in [1.82, 2.24) is 14.8 Å². The molecule has 0 aliphatic heterocycles. The summed E-state index contributed by atoms with van der Waals surface area (Å²) in [6.45, 7) is 6.15. The van der Waals surface area contributed by atoms with Crippen LogP contribution >= 0.6 is 11.8 Å². The molecule has 1 amide bonds. The topological polar surface area (TPSA) is 76.9 Å². The van der Waals surface area contributed by atoms with E-state index in [1.807, 2.05) is 34.9 Å². The van der Waals surface area contributed by atoms with E-state index in [0.717, 1.165) is 11.4 Å². The van der Waals surface area contributed by atoms with Gasteiger partial charge in [-0.15, -0.1) is 16.8 Å². The Morgan fingerprint density at radius 3 is 2.48 bits per heavy atom. The van der Waals surface area contributed by atoms with Crippen molar-refractivity contribution in [2.45, 2.75) is 25.0 Å². The maximum Gasteiger partial charge on any atom is 0.224 e. The summed E-state index contributed by atoms with van der Waals surface area (Å²) >= 11 is 1.35. The minimum atomic E-state index is -0.0598. The number of hydrogen-bond donors (Lipinski definition) is 1. The lowest BCUT2D eigenvalue weighted by Gasteiger charge is -2.08. The lowest BCUT2D eigenvalue weighted by atomic mass is 10.1. The second-order valence-corrected chi connectivity index (χ2v) is 7.20. The number of benzene rings is 2. The SMILES string of the molecule is C=CCn1c(SCC(=O)c2ccc(NC(=O)CC)cc2)nnc1-c1ccccc1. The minimum absolute atomic E-state index is 0.0159. The van der Waals surface area contributed by atoms with Gasteiger partial charge >= 0.3 is 0 Å². The second kappa shape index (κ2) is 9.84. The molecule has 0 atom stereocenters. The molecule has 0 bridgehead atoms. The Balaban J connectivity index is 1.69.